The van der Waals surface area contributed by atoms with Crippen LogP contribution in [0.15, 0.2) is 81.5 Å². The van der Waals surface area contributed by atoms with Crippen LogP contribution in [0.5, 0.6) is 0 Å². The number of ketones is 1. The average Bonchev–Trinajstić information content (AvgIpc) is 1.69. The van der Waals surface area contributed by atoms with Gasteiger partial charge in [0.05, 0.1) is 54.5 Å². The fourth-order valence-electron chi connectivity index (χ4n) is 15.4. The van der Waals surface area contributed by atoms with Gasteiger partial charge in [0.15, 0.2) is 0 Å². The van der Waals surface area contributed by atoms with Gasteiger partial charge in [0.25, 0.3) is 0 Å². The summed E-state index contributed by atoms with van der Waals surface area (Å²) >= 11 is 14.6. The van der Waals surface area contributed by atoms with Crippen LogP contribution < -0.4 is 21.3 Å². The van der Waals surface area contributed by atoms with Crippen molar-refractivity contribution in [1.29, 1.82) is 0 Å². The molecule has 27 nitrogen and oxygen atoms in total. The van der Waals surface area contributed by atoms with E-state index in [1.54, 1.807) is 89.2 Å². The number of Topliss-reactive ketones (excluding diaryl/α,β-unsaturated/α-hetero) is 1. The smallest absolute Gasteiger partial charge is 0.410 e. The number of rotatable bonds is 4. The zero-order valence-corrected chi connectivity index (χ0v) is 88.5. The number of nitrogens with one attached hydrogen (secondary N) is 4. The molecule has 8 aliphatic heterocycles. The van der Waals surface area contributed by atoms with Crippen molar-refractivity contribution in [3.05, 3.63) is 195 Å². The molecule has 0 radical (unpaired) electrons. The van der Waals surface area contributed by atoms with Gasteiger partial charge < -0.3 is 78.8 Å². The lowest BCUT2D eigenvalue weighted by Gasteiger charge is -2.26. The van der Waals surface area contributed by atoms with Crippen LogP contribution in [0.2, 0.25) is 0 Å². The maximum Gasteiger partial charge on any atom is 0.410 e. The number of esters is 4. The molecule has 9 aromatic rings. The molecular weight excluding hydrogens is 1910 g/mol. The predicted molar refractivity (Wildman–Crippen MR) is 543 cm³/mol. The zero-order chi connectivity index (χ0) is 98.4. The number of amides is 6. The molecule has 0 saturated heterocycles. The van der Waals surface area contributed by atoms with Gasteiger partial charge in [-0.15, -0.1) is 102 Å². The van der Waals surface area contributed by atoms with Gasteiger partial charge in [-0.25, -0.2) is 38.4 Å². The molecule has 36 heteroatoms. The van der Waals surface area contributed by atoms with E-state index in [-0.39, 0.29) is 60.1 Å². The van der Waals surface area contributed by atoms with Crippen molar-refractivity contribution >= 4 is 168 Å². The zero-order valence-electron chi connectivity index (χ0n) is 81.1. The number of fused-ring (bicyclic) bond motifs is 9. The molecule has 0 fully saturated rings. The first-order chi connectivity index (χ1) is 64.7. The molecule has 9 aliphatic rings. The molecule has 0 unspecified atom stereocenters. The number of aryl methyl sites for hydroxylation is 5. The van der Waals surface area contributed by atoms with Crippen LogP contribution in [0.3, 0.4) is 0 Å². The Kier molecular flexibility index (Phi) is 41.7. The van der Waals surface area contributed by atoms with E-state index in [4.69, 9.17) is 37.9 Å². The molecule has 0 spiro atoms. The van der Waals surface area contributed by atoms with Gasteiger partial charge >= 0.3 is 48.3 Å². The minimum absolute atomic E-state index is 0.159. The highest BCUT2D eigenvalue weighted by Crippen LogP contribution is 2.35. The van der Waals surface area contributed by atoms with Crippen molar-refractivity contribution in [2.75, 3.05) is 93.9 Å². The van der Waals surface area contributed by atoms with Crippen LogP contribution >= 0.6 is 102 Å². The van der Waals surface area contributed by atoms with Crippen LogP contribution in [0.1, 0.15) is 248 Å². The molecule has 740 valence electrons. The molecule has 0 saturated carbocycles. The highest BCUT2D eigenvalue weighted by molar-refractivity contribution is 7.15. The molecule has 0 bridgehead atoms. The van der Waals surface area contributed by atoms with Gasteiger partial charge in [-0.1, -0.05) is 0 Å². The number of thiophene rings is 9. The minimum atomic E-state index is -0.501. The van der Waals surface area contributed by atoms with Gasteiger partial charge in [-0.05, 0) is 331 Å². The van der Waals surface area contributed by atoms with Gasteiger partial charge in [-0.2, -0.15) is 0 Å². The van der Waals surface area contributed by atoms with E-state index < -0.39 is 22.4 Å². The maximum atomic E-state index is 12.2. The summed E-state index contributed by atoms with van der Waals surface area (Å²) in [7, 11) is 5.61. The Bertz CT molecular complexity index is 5310. The summed E-state index contributed by atoms with van der Waals surface area (Å²) in [4.78, 5) is 148. The van der Waals surface area contributed by atoms with Crippen LogP contribution in [-0.2, 0) is 168 Å². The van der Waals surface area contributed by atoms with Crippen LogP contribution in [0, 0.1) is 0 Å². The molecule has 0 aromatic carbocycles. The van der Waals surface area contributed by atoms with E-state index in [0.717, 1.165) is 192 Å². The summed E-state index contributed by atoms with van der Waals surface area (Å²) in [5.74, 6) is -0.317. The van der Waals surface area contributed by atoms with Crippen LogP contribution in [-0.4, -0.2) is 202 Å². The third-order valence-corrected chi connectivity index (χ3v) is 31.8. The second kappa shape index (κ2) is 52.2. The van der Waals surface area contributed by atoms with Gasteiger partial charge in [0.1, 0.15) is 47.7 Å². The largest absolute Gasteiger partial charge is 0.465 e. The van der Waals surface area contributed by atoms with Crippen molar-refractivity contribution in [3.63, 3.8) is 0 Å². The topological polar surface area (TPSA) is 323 Å². The average molecular weight is 2040 g/mol. The summed E-state index contributed by atoms with van der Waals surface area (Å²) < 4.78 is 40.5. The number of nitrogens with zero attached hydrogens (tertiary/aromatic N) is 4. The molecule has 18 rings (SSSR count). The second-order valence-electron chi connectivity index (χ2n) is 37.3. The van der Waals surface area contributed by atoms with Crippen LogP contribution in [0.25, 0.3) is 0 Å². The molecular formula is C100H132N8O19S9. The van der Waals surface area contributed by atoms with E-state index in [2.05, 4.69) is 78.5 Å². The standard InChI is InChI=1S/2C15H21NO4S.2C13H19NO2S.2C10H13NO2S.2C8H9NOS.C8H8OS/c1-15(2,3)20-14(18)16-7-5-10-9-12(13(17)19-4)21-11(10)6-8-16;1-15(2,3)20-14(18)16-7-5-6-10-8-11(13(17)19-4)21-12(10)9-16;1-13(2,3)16-12(15)14-7-4-10-6-9-17-11(10)5-8-14;1-13(2,3)16-12(15)14-7-4-5-10-6-8-17-11(10)9-14;1-13-10(12)9-6-7-2-4-11-5-3-8(7)14-9;1-13-10(12)8-5-7-3-2-4-11-6-9(7)14-8;10-8-5-7-6(1-3-9-8)2-4-11-7;10-8-2-1-6-3-4-11-7(6)5-9-8;9-7-2-1-6-3-4-10-8(6)5-7/h9H,5-8H2,1-4H3;8H,5-7,9H2,1-4H3;6,9H,4-5,7-8H2,1-3H3;6,8H,4-5,7,9H2,1-3H3;6,11H,2-5H2,1H3;5,11H,2-4,6H2,1H3;2,4H,1,3,5H2,(H,9,10);3-4H,1-2,5H2,(H,9,10);3-4H,1-2,5H2. The molecule has 6 amide bonds. The maximum absolute atomic E-state index is 12.2. The third-order valence-electron chi connectivity index (χ3n) is 22.2. The first-order valence-electron chi connectivity index (χ1n) is 46.2. The Morgan fingerprint density at radius 3 is 1.18 bits per heavy atom. The molecule has 1 aliphatic carbocycles. The fourth-order valence-corrected chi connectivity index (χ4v) is 24.5. The van der Waals surface area contributed by atoms with Crippen molar-refractivity contribution in [3.8, 4) is 0 Å². The minimum Gasteiger partial charge on any atom is -0.465 e. The van der Waals surface area contributed by atoms with Crippen molar-refractivity contribution < 1.29 is 90.6 Å². The molecule has 4 N–H and O–H groups in total. The van der Waals surface area contributed by atoms with E-state index in [1.807, 2.05) is 117 Å². The van der Waals surface area contributed by atoms with E-state index in [0.29, 0.717) is 67.5 Å². The summed E-state index contributed by atoms with van der Waals surface area (Å²) in [6.07, 6.45) is 16.0. The van der Waals surface area contributed by atoms with Crippen LogP contribution in [0.4, 0.5) is 19.2 Å². The van der Waals surface area contributed by atoms with Crippen molar-refractivity contribution in [2.24, 2.45) is 0 Å². The highest BCUT2D eigenvalue weighted by atomic mass is 32.1. The first kappa shape index (κ1) is 109. The first-order valence-corrected chi connectivity index (χ1v) is 53.8. The Labute approximate surface area is 835 Å². The normalized spacial score (nSPS) is 16.0. The van der Waals surface area contributed by atoms with Gasteiger partial charge in [0.2, 0.25) is 11.8 Å². The number of hydrogen-bond acceptors (Lipinski definition) is 30. The predicted octanol–water partition coefficient (Wildman–Crippen LogP) is 19.5. The second-order valence-corrected chi connectivity index (χ2v) is 46.8. The number of carbonyl (C=O) groups excluding carboxylic acids is 11. The Hall–Kier alpha value is -9.21. The Morgan fingerprint density at radius 2 is 0.654 bits per heavy atom. The number of methoxy groups -OCH3 is 4. The lowest BCUT2D eigenvalue weighted by Crippen LogP contribution is -2.38. The quantitative estimate of drug-likeness (QED) is 0.0939. The fraction of sp³-hybridized carbons (Fsp3) is 0.530. The highest BCUT2D eigenvalue weighted by Gasteiger charge is 2.32. The van der Waals surface area contributed by atoms with Crippen molar-refractivity contribution in [2.45, 2.75) is 254 Å². The van der Waals surface area contributed by atoms with Gasteiger partial charge in [-0.3, -0.25) is 14.4 Å². The Morgan fingerprint density at radius 1 is 0.294 bits per heavy atom. The van der Waals surface area contributed by atoms with E-state index in [9.17, 15) is 52.7 Å². The number of carbonyl (C=O) groups is 11. The monoisotopic (exact) mass is 2040 g/mol. The van der Waals surface area contributed by atoms with Crippen molar-refractivity contribution in [1.82, 2.24) is 40.9 Å². The molecule has 9 aromatic heterocycles. The molecule has 0 atom stereocenters. The summed E-state index contributed by atoms with van der Waals surface area (Å²) in [5.41, 5.74) is 9.92. The van der Waals surface area contributed by atoms with E-state index >= 15 is 0 Å². The lowest BCUT2D eigenvalue weighted by atomic mass is 9.99. The molecule has 17 heterocycles. The third kappa shape index (κ3) is 35.0. The van der Waals surface area contributed by atoms with Gasteiger partial charge in [0, 0.05) is 116 Å². The summed E-state index contributed by atoms with van der Waals surface area (Å²) in [6, 6.07) is 18.4. The lowest BCUT2D eigenvalue weighted by molar-refractivity contribution is -0.121. The Balaban J connectivity index is 0.000000160. The molecule has 136 heavy (non-hydrogen) atoms. The van der Waals surface area contributed by atoms with E-state index in [1.165, 1.54) is 124 Å². The number of ether oxygens (including phenoxy) is 8. The summed E-state index contributed by atoms with van der Waals surface area (Å²) in [5, 5.41) is 22.8. The summed E-state index contributed by atoms with van der Waals surface area (Å²) in [6.45, 7) is 33.5. The number of hydrogen-bond donors (Lipinski definition) is 4. The SMILES string of the molecule is CC(C)(C)OC(=O)N1CCCc2ccsc2C1.CC(C)(C)OC(=O)N1CCc2ccsc2CC1.COC(=O)c1cc2c(s1)CCN(C(=O)OC(C)(C)C)CC2.COC(=O)c1cc2c(s1)CCNCC2.COC(=O)c1cc2c(s1)CN(C(=O)OC(C)(C)C)CCC2.COC(=O)c1cc2c(s1)CNCCC2.O=C1CCc2ccsc2C1.O=C1CCc2ccsc2CN1.O=C1Cc2sccc2CCN1.